The van der Waals surface area contributed by atoms with Crippen molar-refractivity contribution in [3.63, 3.8) is 0 Å². The third-order valence-corrected chi connectivity index (χ3v) is 4.73. The molecule has 2 amide bonds. The van der Waals surface area contributed by atoms with Crippen molar-refractivity contribution < 1.29 is 27.5 Å². The number of alkyl halides is 3. The van der Waals surface area contributed by atoms with Gasteiger partial charge in [-0.05, 0) is 61.4 Å². The molecule has 33 heavy (non-hydrogen) atoms. The summed E-state index contributed by atoms with van der Waals surface area (Å²) >= 11 is 0. The Labute approximate surface area is 188 Å². The third kappa shape index (κ3) is 6.09. The van der Waals surface area contributed by atoms with E-state index in [1.807, 2.05) is 6.07 Å². The molecule has 0 saturated heterocycles. The van der Waals surface area contributed by atoms with Crippen molar-refractivity contribution in [2.45, 2.75) is 33.6 Å². The summed E-state index contributed by atoms with van der Waals surface area (Å²) in [6.45, 7) is 5.07. The summed E-state index contributed by atoms with van der Waals surface area (Å²) in [6.07, 6.45) is -1.25. The second-order valence-corrected chi connectivity index (χ2v) is 7.48. The molecule has 0 unspecified atom stereocenters. The predicted octanol–water partition coefficient (Wildman–Crippen LogP) is 5.51. The Morgan fingerprint density at radius 2 is 1.70 bits per heavy atom. The number of aromatic nitrogens is 1. The molecule has 3 rings (SSSR count). The van der Waals surface area contributed by atoms with Crippen molar-refractivity contribution in [1.82, 2.24) is 4.98 Å². The number of carbonyl (C=O) groups is 2. The highest BCUT2D eigenvalue weighted by atomic mass is 19.4. The zero-order valence-corrected chi connectivity index (χ0v) is 18.2. The molecule has 0 saturated carbocycles. The van der Waals surface area contributed by atoms with Crippen LogP contribution in [0.3, 0.4) is 0 Å². The van der Waals surface area contributed by atoms with Gasteiger partial charge in [-0.1, -0.05) is 6.07 Å². The molecule has 0 fully saturated rings. The molecule has 1 aromatic heterocycles. The van der Waals surface area contributed by atoms with E-state index in [-0.39, 0.29) is 16.9 Å². The Hall–Kier alpha value is -3.88. The maximum absolute atomic E-state index is 13.2. The third-order valence-electron chi connectivity index (χ3n) is 4.73. The Bertz CT molecular complexity index is 1160. The van der Waals surface area contributed by atoms with E-state index >= 15 is 0 Å². The fourth-order valence-corrected chi connectivity index (χ4v) is 3.27. The van der Waals surface area contributed by atoms with Gasteiger partial charge in [-0.3, -0.25) is 14.6 Å². The van der Waals surface area contributed by atoms with Gasteiger partial charge in [-0.2, -0.15) is 13.2 Å². The Kier molecular flexibility index (Phi) is 7.01. The van der Waals surface area contributed by atoms with Gasteiger partial charge in [0, 0.05) is 30.4 Å². The molecule has 6 nitrogen and oxygen atoms in total. The Morgan fingerprint density at radius 3 is 2.27 bits per heavy atom. The fraction of sp³-hybridized carbons (Fsp3) is 0.208. The van der Waals surface area contributed by atoms with Crippen molar-refractivity contribution >= 4 is 23.2 Å². The van der Waals surface area contributed by atoms with Crippen molar-refractivity contribution in [1.29, 1.82) is 0 Å². The summed E-state index contributed by atoms with van der Waals surface area (Å²) in [5, 5.41) is 4.90. The lowest BCUT2D eigenvalue weighted by Crippen LogP contribution is -2.17. The first-order valence-corrected chi connectivity index (χ1v) is 9.97. The molecule has 0 spiro atoms. The van der Waals surface area contributed by atoms with E-state index in [1.54, 1.807) is 44.4 Å². The second kappa shape index (κ2) is 9.72. The number of carbonyl (C=O) groups excluding carboxylic acids is 2. The predicted molar refractivity (Wildman–Crippen MR) is 118 cm³/mol. The number of ether oxygens (including phenoxy) is 1. The normalized spacial score (nSPS) is 11.1. The minimum absolute atomic E-state index is 0.0636. The van der Waals surface area contributed by atoms with Crippen LogP contribution >= 0.6 is 0 Å². The van der Waals surface area contributed by atoms with Gasteiger partial charge >= 0.3 is 6.18 Å². The standard InChI is InChI=1S/C24H22F3N3O3/c1-14-9-18(10-15(2)22(14)33-13-17-5-4-8-28-12-17)23(32)30-21-11-19(24(25,26)27)6-7-20(21)29-16(3)31/h4-12H,13H2,1-3H3,(H,29,31)(H,30,32). The highest BCUT2D eigenvalue weighted by molar-refractivity contribution is 6.07. The molecule has 3 aromatic rings. The number of benzene rings is 2. The molecule has 0 aliphatic heterocycles. The summed E-state index contributed by atoms with van der Waals surface area (Å²) in [7, 11) is 0. The van der Waals surface area contributed by atoms with Crippen LogP contribution in [0.15, 0.2) is 54.9 Å². The minimum Gasteiger partial charge on any atom is -0.488 e. The molecule has 9 heteroatoms. The Morgan fingerprint density at radius 1 is 1.00 bits per heavy atom. The van der Waals surface area contributed by atoms with Crippen molar-refractivity contribution in [2.24, 2.45) is 0 Å². The first-order chi connectivity index (χ1) is 15.5. The van der Waals surface area contributed by atoms with E-state index in [0.717, 1.165) is 23.8 Å². The van der Waals surface area contributed by atoms with E-state index in [0.29, 0.717) is 23.5 Å². The number of amides is 2. The van der Waals surface area contributed by atoms with Crippen molar-refractivity contribution in [3.05, 3.63) is 82.7 Å². The fourth-order valence-electron chi connectivity index (χ4n) is 3.27. The quantitative estimate of drug-likeness (QED) is 0.512. The summed E-state index contributed by atoms with van der Waals surface area (Å²) < 4.78 is 45.3. The van der Waals surface area contributed by atoms with E-state index < -0.39 is 23.6 Å². The average Bonchev–Trinajstić information content (AvgIpc) is 2.73. The second-order valence-electron chi connectivity index (χ2n) is 7.48. The largest absolute Gasteiger partial charge is 0.488 e. The first kappa shape index (κ1) is 23.8. The molecule has 0 aliphatic carbocycles. The number of halogens is 3. The van der Waals surface area contributed by atoms with Crippen LogP contribution in [-0.4, -0.2) is 16.8 Å². The smallest absolute Gasteiger partial charge is 0.416 e. The van der Waals surface area contributed by atoms with Crippen LogP contribution in [0.4, 0.5) is 24.5 Å². The SMILES string of the molecule is CC(=O)Nc1ccc(C(F)(F)F)cc1NC(=O)c1cc(C)c(OCc2cccnc2)c(C)c1. The summed E-state index contributed by atoms with van der Waals surface area (Å²) in [4.78, 5) is 28.3. The van der Waals surface area contributed by atoms with Gasteiger partial charge in [0.1, 0.15) is 12.4 Å². The molecule has 0 radical (unpaired) electrons. The van der Waals surface area contributed by atoms with Gasteiger partial charge in [-0.25, -0.2) is 0 Å². The van der Waals surface area contributed by atoms with E-state index in [2.05, 4.69) is 15.6 Å². The highest BCUT2D eigenvalue weighted by Crippen LogP contribution is 2.34. The van der Waals surface area contributed by atoms with Crippen LogP contribution < -0.4 is 15.4 Å². The molecular formula is C24H22F3N3O3. The number of nitrogens with one attached hydrogen (secondary N) is 2. The molecule has 172 valence electrons. The topological polar surface area (TPSA) is 80.3 Å². The maximum atomic E-state index is 13.2. The lowest BCUT2D eigenvalue weighted by atomic mass is 10.0. The number of rotatable bonds is 6. The summed E-state index contributed by atoms with van der Waals surface area (Å²) in [6, 6.07) is 9.58. The summed E-state index contributed by atoms with van der Waals surface area (Å²) in [5.41, 5.74) is 1.47. The van der Waals surface area contributed by atoms with Gasteiger partial charge < -0.3 is 15.4 Å². The van der Waals surface area contributed by atoms with Crippen molar-refractivity contribution in [2.75, 3.05) is 10.6 Å². The van der Waals surface area contributed by atoms with Gasteiger partial charge in [0.05, 0.1) is 16.9 Å². The first-order valence-electron chi connectivity index (χ1n) is 9.97. The highest BCUT2D eigenvalue weighted by Gasteiger charge is 2.31. The van der Waals surface area contributed by atoms with Crippen LogP contribution in [0.5, 0.6) is 5.75 Å². The van der Waals surface area contributed by atoms with Crippen LogP contribution in [0, 0.1) is 13.8 Å². The maximum Gasteiger partial charge on any atom is 0.416 e. The number of hydrogen-bond acceptors (Lipinski definition) is 4. The van der Waals surface area contributed by atoms with Gasteiger partial charge in [0.2, 0.25) is 5.91 Å². The molecule has 1 heterocycles. The zero-order valence-electron chi connectivity index (χ0n) is 18.2. The van der Waals surface area contributed by atoms with Crippen LogP contribution in [0.25, 0.3) is 0 Å². The lowest BCUT2D eigenvalue weighted by molar-refractivity contribution is -0.137. The number of aryl methyl sites for hydroxylation is 2. The molecule has 2 aromatic carbocycles. The molecule has 0 aliphatic rings. The number of nitrogens with zero attached hydrogens (tertiary/aromatic N) is 1. The number of pyridine rings is 1. The monoisotopic (exact) mass is 457 g/mol. The van der Waals surface area contributed by atoms with Gasteiger partial charge in [0.15, 0.2) is 0 Å². The van der Waals surface area contributed by atoms with Gasteiger partial charge in [-0.15, -0.1) is 0 Å². The van der Waals surface area contributed by atoms with Crippen LogP contribution in [0.2, 0.25) is 0 Å². The molecule has 0 bridgehead atoms. The van der Waals surface area contributed by atoms with Crippen molar-refractivity contribution in [3.8, 4) is 5.75 Å². The molecular weight excluding hydrogens is 435 g/mol. The summed E-state index contributed by atoms with van der Waals surface area (Å²) in [5.74, 6) is -0.494. The molecule has 0 atom stereocenters. The number of hydrogen-bond donors (Lipinski definition) is 2. The average molecular weight is 457 g/mol. The Balaban J connectivity index is 1.84. The molecule has 2 N–H and O–H groups in total. The zero-order chi connectivity index (χ0) is 24.2. The minimum atomic E-state index is -4.60. The lowest BCUT2D eigenvalue weighted by Gasteiger charge is -2.16. The number of anilines is 2. The van der Waals surface area contributed by atoms with E-state index in [9.17, 15) is 22.8 Å². The van der Waals surface area contributed by atoms with Crippen LogP contribution in [0.1, 0.15) is 39.5 Å². The van der Waals surface area contributed by atoms with E-state index in [4.69, 9.17) is 4.74 Å². The van der Waals surface area contributed by atoms with Crippen LogP contribution in [-0.2, 0) is 17.6 Å². The van der Waals surface area contributed by atoms with Gasteiger partial charge in [0.25, 0.3) is 5.91 Å². The van der Waals surface area contributed by atoms with E-state index in [1.165, 1.54) is 6.92 Å².